The molecule has 0 radical (unpaired) electrons. The monoisotopic (exact) mass is 441 g/mol. The van der Waals surface area contributed by atoms with E-state index in [0.717, 1.165) is 0 Å². The molecule has 2 rings (SSSR count). The maximum Gasteiger partial charge on any atom is 0.305 e. The van der Waals surface area contributed by atoms with Crippen LogP contribution in [0.5, 0.6) is 0 Å². The lowest BCUT2D eigenvalue weighted by atomic mass is 10.1. The van der Waals surface area contributed by atoms with E-state index in [2.05, 4.69) is 10.0 Å². The third kappa shape index (κ3) is 5.51. The Morgan fingerprint density at radius 2 is 1.52 bits per heavy atom. The molecule has 0 heterocycles. The molecule has 0 saturated carbocycles. The number of anilines is 2. The zero-order chi connectivity index (χ0) is 22.0. The number of nitrogens with zero attached hydrogens (tertiary/aromatic N) is 1. The number of nitro groups is 1. The van der Waals surface area contributed by atoms with Crippen LogP contribution in [0.1, 0.15) is 18.1 Å². The van der Waals surface area contributed by atoms with Gasteiger partial charge in [0.25, 0.3) is 10.0 Å². The fraction of sp³-hybridized carbons (Fsp3) is 0.235. The fourth-order valence-corrected chi connectivity index (χ4v) is 5.38. The van der Waals surface area contributed by atoms with Gasteiger partial charge in [-0.1, -0.05) is 0 Å². The maximum absolute atomic E-state index is 12.6. The SMILES string of the molecule is CC(=O)Nc1ccc(S(=O)(=O)Nc2cc(C)c(S(=O)(=O)C[N+](=O)[O-])c(C)c2)cc1. The first kappa shape index (κ1) is 22.3. The summed E-state index contributed by atoms with van der Waals surface area (Å²) in [4.78, 5) is 20.5. The van der Waals surface area contributed by atoms with E-state index in [-0.39, 0.29) is 32.5 Å². The van der Waals surface area contributed by atoms with E-state index in [4.69, 9.17) is 0 Å². The van der Waals surface area contributed by atoms with Gasteiger partial charge in [0.2, 0.25) is 15.7 Å². The summed E-state index contributed by atoms with van der Waals surface area (Å²) in [6, 6.07) is 8.07. The minimum absolute atomic E-state index is 0.0630. The van der Waals surface area contributed by atoms with E-state index in [0.29, 0.717) is 5.69 Å². The first-order valence-electron chi connectivity index (χ1n) is 8.18. The molecule has 12 heteroatoms. The fourth-order valence-electron chi connectivity index (χ4n) is 2.84. The summed E-state index contributed by atoms with van der Waals surface area (Å²) in [5.74, 6) is -1.54. The van der Waals surface area contributed by atoms with E-state index in [9.17, 15) is 31.7 Å². The van der Waals surface area contributed by atoms with Gasteiger partial charge in [-0.2, -0.15) is 0 Å². The molecule has 0 unspecified atom stereocenters. The van der Waals surface area contributed by atoms with E-state index in [1.165, 1.54) is 57.2 Å². The van der Waals surface area contributed by atoms with Gasteiger partial charge in [0.05, 0.1) is 9.79 Å². The van der Waals surface area contributed by atoms with Gasteiger partial charge < -0.3 is 5.32 Å². The maximum atomic E-state index is 12.6. The number of hydrogen-bond acceptors (Lipinski definition) is 7. The summed E-state index contributed by atoms with van der Waals surface area (Å²) < 4.78 is 51.9. The van der Waals surface area contributed by atoms with Crippen LogP contribution in [0.2, 0.25) is 0 Å². The molecule has 0 spiro atoms. The van der Waals surface area contributed by atoms with Gasteiger partial charge in [0, 0.05) is 23.2 Å². The van der Waals surface area contributed by atoms with Crippen molar-refractivity contribution in [3.8, 4) is 0 Å². The predicted molar refractivity (Wildman–Crippen MR) is 107 cm³/mol. The first-order valence-corrected chi connectivity index (χ1v) is 11.3. The minimum Gasteiger partial charge on any atom is -0.326 e. The van der Waals surface area contributed by atoms with Crippen LogP contribution in [-0.4, -0.2) is 33.5 Å². The van der Waals surface area contributed by atoms with Crippen molar-refractivity contribution in [3.05, 3.63) is 57.6 Å². The number of nitrogens with one attached hydrogen (secondary N) is 2. The smallest absolute Gasteiger partial charge is 0.305 e. The zero-order valence-electron chi connectivity index (χ0n) is 15.8. The lowest BCUT2D eigenvalue weighted by Gasteiger charge is -2.14. The molecule has 2 aromatic carbocycles. The number of rotatable bonds is 7. The second-order valence-electron chi connectivity index (χ2n) is 6.33. The molecule has 1 amide bonds. The Bertz CT molecular complexity index is 1150. The van der Waals surface area contributed by atoms with Gasteiger partial charge in [0.15, 0.2) is 0 Å². The van der Waals surface area contributed by atoms with Crippen LogP contribution in [-0.2, 0) is 24.7 Å². The second-order valence-corrected chi connectivity index (χ2v) is 9.91. The van der Waals surface area contributed by atoms with Gasteiger partial charge in [-0.05, 0) is 61.4 Å². The topological polar surface area (TPSA) is 153 Å². The normalized spacial score (nSPS) is 11.7. The molecule has 0 aliphatic heterocycles. The highest BCUT2D eigenvalue weighted by Crippen LogP contribution is 2.27. The Kier molecular flexibility index (Phi) is 6.28. The summed E-state index contributed by atoms with van der Waals surface area (Å²) in [6.45, 7) is 4.19. The lowest BCUT2D eigenvalue weighted by Crippen LogP contribution is -2.18. The van der Waals surface area contributed by atoms with Crippen LogP contribution >= 0.6 is 0 Å². The molecule has 0 atom stereocenters. The predicted octanol–water partition coefficient (Wildman–Crippen LogP) is 2.07. The van der Waals surface area contributed by atoms with Crippen molar-refractivity contribution in [1.82, 2.24) is 0 Å². The summed E-state index contributed by atoms with van der Waals surface area (Å²) in [7, 11) is -8.14. The molecule has 29 heavy (non-hydrogen) atoms. The summed E-state index contributed by atoms with van der Waals surface area (Å²) in [6.07, 6.45) is 0. The van der Waals surface area contributed by atoms with Crippen LogP contribution in [0.15, 0.2) is 46.2 Å². The van der Waals surface area contributed by atoms with E-state index >= 15 is 0 Å². The van der Waals surface area contributed by atoms with Gasteiger partial charge in [-0.3, -0.25) is 19.6 Å². The zero-order valence-corrected chi connectivity index (χ0v) is 17.4. The third-order valence-corrected chi connectivity index (χ3v) is 7.00. The van der Waals surface area contributed by atoms with Crippen LogP contribution in [0.3, 0.4) is 0 Å². The number of benzene rings is 2. The Morgan fingerprint density at radius 3 is 1.97 bits per heavy atom. The van der Waals surface area contributed by atoms with Gasteiger partial charge in [-0.15, -0.1) is 0 Å². The highest BCUT2D eigenvalue weighted by molar-refractivity contribution is 7.92. The number of sulfone groups is 1. The molecule has 0 saturated heterocycles. The van der Waals surface area contributed by atoms with Crippen LogP contribution in [0.25, 0.3) is 0 Å². The molecule has 0 aromatic heterocycles. The largest absolute Gasteiger partial charge is 0.326 e. The molecular formula is C17H19N3O7S2. The molecule has 0 bridgehead atoms. The van der Waals surface area contributed by atoms with Crippen LogP contribution < -0.4 is 10.0 Å². The van der Waals surface area contributed by atoms with Crippen LogP contribution in [0, 0.1) is 24.0 Å². The van der Waals surface area contributed by atoms with E-state index < -0.39 is 30.7 Å². The number of carbonyl (C=O) groups excluding carboxylic acids is 1. The molecule has 2 N–H and O–H groups in total. The summed E-state index contributed by atoms with van der Waals surface area (Å²) in [5, 5.41) is 13.1. The molecule has 0 fully saturated rings. The molecule has 156 valence electrons. The highest BCUT2D eigenvalue weighted by atomic mass is 32.2. The lowest BCUT2D eigenvalue weighted by molar-refractivity contribution is -0.458. The number of hydrogen-bond donors (Lipinski definition) is 2. The van der Waals surface area contributed by atoms with Crippen molar-refractivity contribution < 1.29 is 26.6 Å². The van der Waals surface area contributed by atoms with Gasteiger partial charge in [0.1, 0.15) is 0 Å². The molecule has 2 aromatic rings. The standard InChI is InChI=1S/C17H19N3O7S2/c1-11-8-15(9-12(2)17(11)28(24,25)10-20(22)23)19-29(26,27)16-6-4-14(5-7-16)18-13(3)21/h4-9,19H,10H2,1-3H3,(H,18,21). The number of amides is 1. The average molecular weight is 441 g/mol. The number of aryl methyl sites for hydroxylation is 2. The van der Waals surface area contributed by atoms with Crippen molar-refractivity contribution in [2.24, 2.45) is 0 Å². The molecule has 10 nitrogen and oxygen atoms in total. The Hall–Kier alpha value is -2.99. The highest BCUT2D eigenvalue weighted by Gasteiger charge is 2.26. The van der Waals surface area contributed by atoms with Crippen molar-refractivity contribution in [1.29, 1.82) is 0 Å². The quantitative estimate of drug-likeness (QED) is 0.493. The number of sulfonamides is 1. The average Bonchev–Trinajstić information content (AvgIpc) is 2.51. The second kappa shape index (κ2) is 8.17. The van der Waals surface area contributed by atoms with E-state index in [1.807, 2.05) is 0 Å². The molecule has 0 aliphatic rings. The third-order valence-electron chi connectivity index (χ3n) is 3.78. The van der Waals surface area contributed by atoms with Crippen molar-refractivity contribution in [3.63, 3.8) is 0 Å². The van der Waals surface area contributed by atoms with E-state index in [1.54, 1.807) is 0 Å². The van der Waals surface area contributed by atoms with Gasteiger partial charge in [-0.25, -0.2) is 16.8 Å². The molecule has 0 aliphatic carbocycles. The van der Waals surface area contributed by atoms with Crippen molar-refractivity contribution >= 4 is 37.1 Å². The molecular weight excluding hydrogens is 422 g/mol. The van der Waals surface area contributed by atoms with Crippen molar-refractivity contribution in [2.45, 2.75) is 30.6 Å². The van der Waals surface area contributed by atoms with Crippen molar-refractivity contribution in [2.75, 3.05) is 15.9 Å². The Morgan fingerprint density at radius 1 is 1.00 bits per heavy atom. The van der Waals surface area contributed by atoms with Gasteiger partial charge >= 0.3 is 5.88 Å². The first-order chi connectivity index (χ1) is 13.3. The van der Waals surface area contributed by atoms with Crippen LogP contribution in [0.4, 0.5) is 11.4 Å². The summed E-state index contributed by atoms with van der Waals surface area (Å²) >= 11 is 0. The Balaban J connectivity index is 2.34. The number of carbonyl (C=O) groups is 1. The summed E-state index contributed by atoms with van der Waals surface area (Å²) in [5.41, 5.74) is 0.922. The minimum atomic E-state index is -4.16. The Labute approximate surface area is 168 Å².